The van der Waals surface area contributed by atoms with E-state index >= 15 is 0 Å². The molecule has 0 saturated carbocycles. The van der Waals surface area contributed by atoms with Crippen molar-refractivity contribution in [3.8, 4) is 0 Å². The van der Waals surface area contributed by atoms with Crippen molar-refractivity contribution >= 4 is 11.6 Å². The predicted molar refractivity (Wildman–Crippen MR) is 39.2 cm³/mol. The fourth-order valence-corrected chi connectivity index (χ4v) is 0.977. The van der Waals surface area contributed by atoms with Gasteiger partial charge >= 0.3 is 0 Å². The van der Waals surface area contributed by atoms with Crippen molar-refractivity contribution in [3.63, 3.8) is 0 Å². The summed E-state index contributed by atoms with van der Waals surface area (Å²) in [4.78, 5) is 11.3. The number of hydrogen-bond acceptors (Lipinski definition) is 4. The topological polar surface area (TPSA) is 64.9 Å². The van der Waals surface area contributed by atoms with Gasteiger partial charge in [0.25, 0.3) is 5.91 Å². The van der Waals surface area contributed by atoms with E-state index in [1.54, 1.807) is 20.9 Å². The van der Waals surface area contributed by atoms with Gasteiger partial charge in [0.05, 0.1) is 5.71 Å². The first-order valence-corrected chi connectivity index (χ1v) is 3.27. The van der Waals surface area contributed by atoms with E-state index < -0.39 is 5.54 Å². The van der Waals surface area contributed by atoms with Gasteiger partial charge in [-0.25, -0.2) is 5.01 Å². The fraction of sp³-hybridized carbons (Fsp3) is 0.667. The third-order valence-electron chi connectivity index (χ3n) is 1.97. The van der Waals surface area contributed by atoms with Gasteiger partial charge in [0, 0.05) is 7.05 Å². The van der Waals surface area contributed by atoms with Crippen LogP contribution in [0.25, 0.3) is 0 Å². The Balaban J connectivity index is 3.00. The first-order valence-electron chi connectivity index (χ1n) is 3.27. The molecule has 1 heterocycles. The number of hydroxylamine groups is 1. The highest BCUT2D eigenvalue weighted by Gasteiger charge is 2.43. The molecule has 5 heteroatoms. The summed E-state index contributed by atoms with van der Waals surface area (Å²) < 4.78 is 0. The number of nitrogens with zero attached hydrogens (tertiary/aromatic N) is 2. The number of hydrazone groups is 1. The van der Waals surface area contributed by atoms with Crippen LogP contribution in [-0.4, -0.2) is 34.4 Å². The molecular formula is C6H11N3O2. The average Bonchev–Trinajstić information content (AvgIpc) is 2.16. The van der Waals surface area contributed by atoms with Crippen LogP contribution < -0.4 is 5.48 Å². The molecule has 0 radical (unpaired) electrons. The maximum atomic E-state index is 11.3. The summed E-state index contributed by atoms with van der Waals surface area (Å²) in [6, 6.07) is 0. The van der Waals surface area contributed by atoms with Crippen molar-refractivity contribution in [1.29, 1.82) is 0 Å². The molecule has 0 aromatic rings. The Morgan fingerprint density at radius 1 is 1.73 bits per heavy atom. The van der Waals surface area contributed by atoms with Gasteiger partial charge in [-0.15, -0.1) is 0 Å². The molecule has 1 aliphatic heterocycles. The van der Waals surface area contributed by atoms with Gasteiger partial charge in [0.2, 0.25) is 0 Å². The van der Waals surface area contributed by atoms with Crippen molar-refractivity contribution in [2.75, 3.05) is 7.05 Å². The van der Waals surface area contributed by atoms with Gasteiger partial charge in [-0.1, -0.05) is 0 Å². The second-order valence-corrected chi connectivity index (χ2v) is 2.75. The average molecular weight is 157 g/mol. The molecule has 2 N–H and O–H groups in total. The molecule has 0 bridgehead atoms. The maximum Gasteiger partial charge on any atom is 0.270 e. The standard InChI is InChI=1S/C6H11N3O2/c1-4-6(2,8-11)5(10)9(3)7-4/h8,11H,1-3H3. The molecule has 1 amide bonds. The van der Waals surface area contributed by atoms with Crippen LogP contribution >= 0.6 is 0 Å². The summed E-state index contributed by atoms with van der Waals surface area (Å²) in [5.74, 6) is -0.252. The molecule has 11 heavy (non-hydrogen) atoms. The number of carbonyl (C=O) groups excluding carboxylic acids is 1. The van der Waals surface area contributed by atoms with E-state index in [0.717, 1.165) is 0 Å². The Bertz CT molecular complexity index is 226. The Labute approximate surface area is 64.6 Å². The molecule has 0 spiro atoms. The zero-order valence-corrected chi connectivity index (χ0v) is 6.75. The van der Waals surface area contributed by atoms with E-state index in [9.17, 15) is 4.79 Å². The van der Waals surface area contributed by atoms with E-state index in [1.165, 1.54) is 5.01 Å². The number of amides is 1. The van der Waals surface area contributed by atoms with Gasteiger partial charge in [-0.05, 0) is 13.8 Å². The highest BCUT2D eigenvalue weighted by atomic mass is 16.5. The molecule has 1 atom stereocenters. The monoisotopic (exact) mass is 157 g/mol. The maximum absolute atomic E-state index is 11.3. The third-order valence-corrected chi connectivity index (χ3v) is 1.97. The van der Waals surface area contributed by atoms with Crippen LogP contribution in [0, 0.1) is 0 Å². The van der Waals surface area contributed by atoms with Gasteiger partial charge in [-0.2, -0.15) is 10.6 Å². The van der Waals surface area contributed by atoms with E-state index in [2.05, 4.69) is 5.10 Å². The second-order valence-electron chi connectivity index (χ2n) is 2.75. The highest BCUT2D eigenvalue weighted by molar-refractivity contribution is 6.14. The molecule has 0 fully saturated rings. The van der Waals surface area contributed by atoms with E-state index in [1.807, 2.05) is 5.48 Å². The Kier molecular flexibility index (Phi) is 1.69. The summed E-state index contributed by atoms with van der Waals surface area (Å²) >= 11 is 0. The van der Waals surface area contributed by atoms with Crippen LogP contribution in [0.4, 0.5) is 0 Å². The minimum atomic E-state index is -1.03. The smallest absolute Gasteiger partial charge is 0.270 e. The predicted octanol–water partition coefficient (Wildman–Crippen LogP) is -0.428. The van der Waals surface area contributed by atoms with Crippen LogP contribution in [0.1, 0.15) is 13.8 Å². The summed E-state index contributed by atoms with van der Waals surface area (Å²) in [7, 11) is 1.55. The van der Waals surface area contributed by atoms with Crippen LogP contribution in [0.3, 0.4) is 0 Å². The number of hydrogen-bond donors (Lipinski definition) is 2. The minimum Gasteiger partial charge on any atom is -0.315 e. The second kappa shape index (κ2) is 2.28. The third kappa shape index (κ3) is 0.928. The van der Waals surface area contributed by atoms with Crippen LogP contribution in [0.5, 0.6) is 0 Å². The molecule has 62 valence electrons. The molecule has 0 aromatic heterocycles. The summed E-state index contributed by atoms with van der Waals surface area (Å²) in [6.45, 7) is 3.27. The highest BCUT2D eigenvalue weighted by Crippen LogP contribution is 2.17. The molecule has 1 aliphatic rings. The number of rotatable bonds is 1. The SMILES string of the molecule is CC1=NN(C)C(=O)C1(C)NO. The molecular weight excluding hydrogens is 146 g/mol. The quantitative estimate of drug-likeness (QED) is 0.508. The lowest BCUT2D eigenvalue weighted by Crippen LogP contribution is -2.52. The lowest BCUT2D eigenvalue weighted by Gasteiger charge is -2.19. The lowest BCUT2D eigenvalue weighted by atomic mass is 9.98. The first kappa shape index (κ1) is 8.16. The van der Waals surface area contributed by atoms with Crippen LogP contribution in [0.15, 0.2) is 5.10 Å². The normalized spacial score (nSPS) is 31.1. The molecule has 5 nitrogen and oxygen atoms in total. The van der Waals surface area contributed by atoms with Gasteiger partial charge in [0.15, 0.2) is 5.54 Å². The van der Waals surface area contributed by atoms with E-state index in [-0.39, 0.29) is 5.91 Å². The molecule has 0 aromatic carbocycles. The fourth-order valence-electron chi connectivity index (χ4n) is 0.977. The number of likely N-dealkylation sites (N-methyl/N-ethyl adjacent to an activating group) is 1. The number of nitrogens with one attached hydrogen (secondary N) is 1. The minimum absolute atomic E-state index is 0.252. The number of carbonyl (C=O) groups is 1. The van der Waals surface area contributed by atoms with E-state index in [4.69, 9.17) is 5.21 Å². The zero-order chi connectivity index (χ0) is 8.65. The zero-order valence-electron chi connectivity index (χ0n) is 6.75. The Morgan fingerprint density at radius 2 is 2.27 bits per heavy atom. The van der Waals surface area contributed by atoms with Crippen LogP contribution in [0.2, 0.25) is 0 Å². The lowest BCUT2D eigenvalue weighted by molar-refractivity contribution is -0.134. The van der Waals surface area contributed by atoms with Crippen molar-refractivity contribution in [3.05, 3.63) is 0 Å². The largest absolute Gasteiger partial charge is 0.315 e. The first-order chi connectivity index (χ1) is 5.02. The molecule has 0 saturated heterocycles. The van der Waals surface area contributed by atoms with Gasteiger partial charge in [0.1, 0.15) is 0 Å². The Hall–Kier alpha value is -0.940. The summed E-state index contributed by atoms with van der Waals surface area (Å²) in [6.07, 6.45) is 0. The van der Waals surface area contributed by atoms with Gasteiger partial charge in [-0.3, -0.25) is 4.79 Å². The molecule has 1 rings (SSSR count). The molecule has 1 unspecified atom stereocenters. The summed E-state index contributed by atoms with van der Waals surface area (Å²) in [5.41, 5.74) is 1.48. The van der Waals surface area contributed by atoms with Crippen molar-refractivity contribution in [2.24, 2.45) is 5.10 Å². The summed E-state index contributed by atoms with van der Waals surface area (Å²) in [5, 5.41) is 13.8. The molecule has 0 aliphatic carbocycles. The van der Waals surface area contributed by atoms with Gasteiger partial charge < -0.3 is 5.21 Å². The van der Waals surface area contributed by atoms with Crippen molar-refractivity contribution in [1.82, 2.24) is 10.5 Å². The van der Waals surface area contributed by atoms with Crippen LogP contribution in [-0.2, 0) is 4.79 Å². The van der Waals surface area contributed by atoms with Crippen molar-refractivity contribution in [2.45, 2.75) is 19.4 Å². The van der Waals surface area contributed by atoms with E-state index in [0.29, 0.717) is 5.71 Å². The Morgan fingerprint density at radius 3 is 2.45 bits per heavy atom. The van der Waals surface area contributed by atoms with Crippen molar-refractivity contribution < 1.29 is 10.0 Å².